The van der Waals surface area contributed by atoms with Crippen LogP contribution in [0.15, 0.2) is 55.0 Å². The molecule has 2 aromatic carbocycles. The van der Waals surface area contributed by atoms with Gasteiger partial charge in [0.05, 0.1) is 25.5 Å². The highest BCUT2D eigenvalue weighted by Gasteiger charge is 2.30. The first-order valence-electron chi connectivity index (χ1n) is 11.7. The van der Waals surface area contributed by atoms with Gasteiger partial charge in [0.2, 0.25) is 11.8 Å². The molecule has 3 amide bonds. The summed E-state index contributed by atoms with van der Waals surface area (Å²) in [4.78, 5) is 47.6. The van der Waals surface area contributed by atoms with Gasteiger partial charge in [0, 0.05) is 37.8 Å². The monoisotopic (exact) mass is 478 g/mol. The maximum absolute atomic E-state index is 13.5. The molecule has 0 spiro atoms. The number of ether oxygens (including phenoxy) is 1. The van der Waals surface area contributed by atoms with Gasteiger partial charge in [-0.1, -0.05) is 42.5 Å². The van der Waals surface area contributed by atoms with E-state index < -0.39 is 17.9 Å². The standard InChI is InChI=1S/C25H30N6O4/c26-30-25(34)22(14-20-15-27-16-28-20)29-24(33)19(13-23(32)31-8-10-35-11-9-31)12-18-6-3-5-17-4-1-2-7-21(17)18/h1-7,15-16,19,22H,8-14,26H2,(H,27,28)(H,29,33)(H,30,34)/t19?,22-/m0/s1. The van der Waals surface area contributed by atoms with Crippen molar-refractivity contribution in [2.45, 2.75) is 25.3 Å². The first-order chi connectivity index (χ1) is 17.0. The summed E-state index contributed by atoms with van der Waals surface area (Å²) in [6.45, 7) is 1.96. The van der Waals surface area contributed by atoms with E-state index in [1.54, 1.807) is 11.1 Å². The van der Waals surface area contributed by atoms with E-state index in [2.05, 4.69) is 20.7 Å². The summed E-state index contributed by atoms with van der Waals surface area (Å²) in [6, 6.07) is 12.9. The molecule has 10 nitrogen and oxygen atoms in total. The van der Waals surface area contributed by atoms with E-state index >= 15 is 0 Å². The molecule has 0 aliphatic carbocycles. The first-order valence-corrected chi connectivity index (χ1v) is 11.7. The summed E-state index contributed by atoms with van der Waals surface area (Å²) in [7, 11) is 0. The number of hydrogen-bond acceptors (Lipinski definition) is 6. The molecule has 2 atom stereocenters. The van der Waals surface area contributed by atoms with Crippen LogP contribution in [0.4, 0.5) is 0 Å². The lowest BCUT2D eigenvalue weighted by Gasteiger charge is -2.29. The molecule has 10 heteroatoms. The van der Waals surface area contributed by atoms with Gasteiger partial charge in [-0.2, -0.15) is 0 Å². The highest BCUT2D eigenvalue weighted by Crippen LogP contribution is 2.23. The van der Waals surface area contributed by atoms with Crippen molar-refractivity contribution in [1.29, 1.82) is 0 Å². The number of hydrogen-bond donors (Lipinski definition) is 4. The second-order valence-corrected chi connectivity index (χ2v) is 8.59. The van der Waals surface area contributed by atoms with Gasteiger partial charge >= 0.3 is 0 Å². The molecule has 0 bridgehead atoms. The van der Waals surface area contributed by atoms with Crippen LogP contribution in [0.25, 0.3) is 10.8 Å². The van der Waals surface area contributed by atoms with Crippen molar-refractivity contribution in [2.24, 2.45) is 11.8 Å². The van der Waals surface area contributed by atoms with Crippen LogP contribution in [0.5, 0.6) is 0 Å². The third-order valence-electron chi connectivity index (χ3n) is 6.26. The minimum absolute atomic E-state index is 0.0239. The number of amides is 3. The predicted molar refractivity (Wildman–Crippen MR) is 130 cm³/mol. The van der Waals surface area contributed by atoms with Gasteiger partial charge in [0.25, 0.3) is 5.91 Å². The summed E-state index contributed by atoms with van der Waals surface area (Å²) in [5.41, 5.74) is 3.75. The average Bonchev–Trinajstić information content (AvgIpc) is 3.41. The average molecular weight is 479 g/mol. The van der Waals surface area contributed by atoms with E-state index in [9.17, 15) is 14.4 Å². The number of carbonyl (C=O) groups excluding carboxylic acids is 3. The maximum atomic E-state index is 13.5. The van der Waals surface area contributed by atoms with Crippen molar-refractivity contribution < 1.29 is 19.1 Å². The van der Waals surface area contributed by atoms with Crippen LogP contribution in [0, 0.1) is 5.92 Å². The van der Waals surface area contributed by atoms with Crippen LogP contribution in [0.2, 0.25) is 0 Å². The van der Waals surface area contributed by atoms with E-state index in [-0.39, 0.29) is 24.7 Å². The number of benzene rings is 2. The third kappa shape index (κ3) is 6.23. The van der Waals surface area contributed by atoms with Crippen LogP contribution < -0.4 is 16.6 Å². The molecule has 0 radical (unpaired) electrons. The first kappa shape index (κ1) is 24.4. The zero-order valence-electron chi connectivity index (χ0n) is 19.4. The third-order valence-corrected chi connectivity index (χ3v) is 6.26. The Hall–Kier alpha value is -3.76. The highest BCUT2D eigenvalue weighted by molar-refractivity contribution is 5.92. The minimum Gasteiger partial charge on any atom is -0.378 e. The fourth-order valence-corrected chi connectivity index (χ4v) is 4.36. The SMILES string of the molecule is NNC(=O)[C@H](Cc1cnc[nH]1)NC(=O)C(CC(=O)N1CCOCC1)Cc1cccc2ccccc12. The fraction of sp³-hybridized carbons (Fsp3) is 0.360. The Balaban J connectivity index is 1.57. The normalized spacial score (nSPS) is 15.4. The maximum Gasteiger partial charge on any atom is 0.256 e. The number of hydrazine groups is 1. The summed E-state index contributed by atoms with van der Waals surface area (Å²) >= 11 is 0. The van der Waals surface area contributed by atoms with E-state index in [4.69, 9.17) is 10.6 Å². The van der Waals surface area contributed by atoms with E-state index in [0.29, 0.717) is 38.4 Å². The highest BCUT2D eigenvalue weighted by atomic mass is 16.5. The number of morpholine rings is 1. The Morgan fingerprint density at radius 1 is 1.06 bits per heavy atom. The molecular formula is C25H30N6O4. The van der Waals surface area contributed by atoms with Crippen molar-refractivity contribution in [2.75, 3.05) is 26.3 Å². The zero-order chi connectivity index (χ0) is 24.6. The van der Waals surface area contributed by atoms with Crippen molar-refractivity contribution >= 4 is 28.5 Å². The Labute approximate surface area is 203 Å². The molecule has 1 unspecified atom stereocenters. The quantitative estimate of drug-likeness (QED) is 0.202. The number of nitrogens with one attached hydrogen (secondary N) is 3. The largest absolute Gasteiger partial charge is 0.378 e. The van der Waals surface area contributed by atoms with Gasteiger partial charge in [-0.15, -0.1) is 0 Å². The number of carbonyl (C=O) groups is 3. The molecule has 5 N–H and O–H groups in total. The molecule has 0 saturated carbocycles. The number of nitrogens with zero attached hydrogens (tertiary/aromatic N) is 2. The van der Waals surface area contributed by atoms with Gasteiger partial charge in [-0.25, -0.2) is 10.8 Å². The Morgan fingerprint density at radius 2 is 1.83 bits per heavy atom. The summed E-state index contributed by atoms with van der Waals surface area (Å²) < 4.78 is 5.35. The van der Waals surface area contributed by atoms with Crippen LogP contribution in [-0.4, -0.2) is 64.9 Å². The van der Waals surface area contributed by atoms with Gasteiger partial charge in [0.15, 0.2) is 0 Å². The topological polar surface area (TPSA) is 142 Å². The molecule has 1 aliphatic heterocycles. The smallest absolute Gasteiger partial charge is 0.256 e. The van der Waals surface area contributed by atoms with Crippen molar-refractivity contribution in [3.05, 3.63) is 66.2 Å². The summed E-state index contributed by atoms with van der Waals surface area (Å²) in [5.74, 6) is 3.67. The number of fused-ring (bicyclic) bond motifs is 1. The number of H-pyrrole nitrogens is 1. The van der Waals surface area contributed by atoms with Crippen molar-refractivity contribution in [3.63, 3.8) is 0 Å². The van der Waals surface area contributed by atoms with Crippen LogP contribution in [-0.2, 0) is 32.0 Å². The Bertz CT molecular complexity index is 1150. The molecule has 184 valence electrons. The number of nitrogens with two attached hydrogens (primary N) is 1. The van der Waals surface area contributed by atoms with E-state index in [0.717, 1.165) is 16.3 Å². The lowest BCUT2D eigenvalue weighted by Crippen LogP contribution is -2.52. The number of aromatic nitrogens is 2. The molecule has 1 saturated heterocycles. The number of imidazole rings is 1. The molecule has 4 rings (SSSR count). The lowest BCUT2D eigenvalue weighted by atomic mass is 9.91. The fourth-order valence-electron chi connectivity index (χ4n) is 4.36. The molecule has 1 aliphatic rings. The summed E-state index contributed by atoms with van der Waals surface area (Å²) in [6.07, 6.45) is 3.64. The lowest BCUT2D eigenvalue weighted by molar-refractivity contribution is -0.140. The molecular weight excluding hydrogens is 448 g/mol. The van der Waals surface area contributed by atoms with E-state index in [1.165, 1.54) is 6.33 Å². The van der Waals surface area contributed by atoms with Gasteiger partial charge in [0.1, 0.15) is 6.04 Å². The molecule has 35 heavy (non-hydrogen) atoms. The van der Waals surface area contributed by atoms with Gasteiger partial charge < -0.3 is 19.9 Å². The van der Waals surface area contributed by atoms with Crippen LogP contribution in [0.1, 0.15) is 17.7 Å². The Kier molecular flexibility index (Phi) is 8.07. The minimum atomic E-state index is -0.915. The second-order valence-electron chi connectivity index (χ2n) is 8.59. The molecule has 3 aromatic rings. The zero-order valence-corrected chi connectivity index (χ0v) is 19.4. The predicted octanol–water partition coefficient (Wildman–Crippen LogP) is 0.688. The number of aromatic amines is 1. The second kappa shape index (κ2) is 11.6. The number of rotatable bonds is 9. The van der Waals surface area contributed by atoms with Crippen molar-refractivity contribution in [3.8, 4) is 0 Å². The van der Waals surface area contributed by atoms with Gasteiger partial charge in [-0.05, 0) is 22.8 Å². The molecule has 2 heterocycles. The Morgan fingerprint density at radius 3 is 2.57 bits per heavy atom. The van der Waals surface area contributed by atoms with Crippen molar-refractivity contribution in [1.82, 2.24) is 25.6 Å². The molecule has 1 fully saturated rings. The van der Waals surface area contributed by atoms with E-state index in [1.807, 2.05) is 42.5 Å². The van der Waals surface area contributed by atoms with Gasteiger partial charge in [-0.3, -0.25) is 19.8 Å². The van der Waals surface area contributed by atoms with Crippen LogP contribution in [0.3, 0.4) is 0 Å². The van der Waals surface area contributed by atoms with Crippen LogP contribution >= 0.6 is 0 Å². The summed E-state index contributed by atoms with van der Waals surface area (Å²) in [5, 5.41) is 4.90. The molecule has 1 aromatic heterocycles.